The van der Waals surface area contributed by atoms with Crippen molar-refractivity contribution in [1.82, 2.24) is 9.36 Å². The highest BCUT2D eigenvalue weighted by atomic mass is 35.5. The van der Waals surface area contributed by atoms with Gasteiger partial charge in [-0.1, -0.05) is 11.6 Å². The lowest BCUT2D eigenvalue weighted by Gasteiger charge is -2.16. The van der Waals surface area contributed by atoms with Crippen molar-refractivity contribution in [2.75, 3.05) is 16.8 Å². The third-order valence-electron chi connectivity index (χ3n) is 3.39. The quantitative estimate of drug-likeness (QED) is 0.934. The van der Waals surface area contributed by atoms with E-state index >= 15 is 0 Å². The fourth-order valence-electron chi connectivity index (χ4n) is 2.31. The van der Waals surface area contributed by atoms with Gasteiger partial charge in [-0.25, -0.2) is 4.98 Å². The molecule has 0 spiro atoms. The van der Waals surface area contributed by atoms with E-state index in [1.807, 2.05) is 0 Å². The number of amides is 2. The number of halogens is 1. The Morgan fingerprint density at radius 2 is 2.14 bits per heavy atom. The summed E-state index contributed by atoms with van der Waals surface area (Å²) in [6, 6.07) is 6.99. The van der Waals surface area contributed by atoms with E-state index in [9.17, 15) is 9.59 Å². The Balaban J connectivity index is 1.68. The third-order valence-corrected chi connectivity index (χ3v) is 4.37. The number of rotatable bonds is 3. The molecule has 1 aliphatic rings. The topological polar surface area (TPSA) is 75.2 Å². The van der Waals surface area contributed by atoms with Gasteiger partial charge in [0.25, 0.3) is 0 Å². The summed E-state index contributed by atoms with van der Waals surface area (Å²) in [5.74, 6) is -0.0603. The van der Waals surface area contributed by atoms with E-state index in [0.29, 0.717) is 22.5 Å². The lowest BCUT2D eigenvalue weighted by Crippen LogP contribution is -2.28. The molecule has 0 radical (unpaired) electrons. The van der Waals surface area contributed by atoms with Crippen molar-refractivity contribution in [2.24, 2.45) is 5.92 Å². The van der Waals surface area contributed by atoms with E-state index in [1.54, 1.807) is 36.1 Å². The maximum atomic E-state index is 12.2. The van der Waals surface area contributed by atoms with Crippen LogP contribution in [0.3, 0.4) is 0 Å². The van der Waals surface area contributed by atoms with Crippen molar-refractivity contribution in [3.8, 4) is 0 Å². The number of carbonyl (C=O) groups excluding carboxylic acids is 2. The van der Waals surface area contributed by atoms with Gasteiger partial charge in [0.05, 0.1) is 5.92 Å². The van der Waals surface area contributed by atoms with Gasteiger partial charge in [0.2, 0.25) is 16.9 Å². The van der Waals surface area contributed by atoms with Crippen molar-refractivity contribution >= 4 is 45.8 Å². The molecular weight excluding hydrogens is 324 g/mol. The second kappa shape index (κ2) is 6.02. The minimum Gasteiger partial charge on any atom is -0.312 e. The number of carbonyl (C=O) groups is 2. The molecule has 1 N–H and O–H groups in total. The van der Waals surface area contributed by atoms with Gasteiger partial charge in [0.1, 0.15) is 5.82 Å². The van der Waals surface area contributed by atoms with Crippen molar-refractivity contribution in [2.45, 2.75) is 13.3 Å². The molecule has 3 rings (SSSR count). The van der Waals surface area contributed by atoms with Gasteiger partial charge in [-0.2, -0.15) is 4.37 Å². The van der Waals surface area contributed by atoms with Crippen LogP contribution in [0.4, 0.5) is 10.8 Å². The second-order valence-corrected chi connectivity index (χ2v) is 6.21. The number of hydrogen-bond donors (Lipinski definition) is 1. The SMILES string of the molecule is Cc1nsc(NC(=O)[C@@H]2CC(=O)N(c3ccc(Cl)cc3)C2)n1. The van der Waals surface area contributed by atoms with Crippen LogP contribution >= 0.6 is 23.1 Å². The van der Waals surface area contributed by atoms with Crippen LogP contribution in [0.5, 0.6) is 0 Å². The zero-order valence-corrected chi connectivity index (χ0v) is 13.3. The van der Waals surface area contributed by atoms with E-state index < -0.39 is 5.92 Å². The number of nitrogens with one attached hydrogen (secondary N) is 1. The first kappa shape index (κ1) is 14.9. The van der Waals surface area contributed by atoms with Crippen molar-refractivity contribution in [3.05, 3.63) is 35.1 Å². The number of anilines is 2. The standard InChI is InChI=1S/C14H13ClN4O2S/c1-8-16-14(22-18-8)17-13(21)9-6-12(20)19(7-9)11-4-2-10(15)3-5-11/h2-5,9H,6-7H2,1H3,(H,16,17,18,21)/t9-/m1/s1. The van der Waals surface area contributed by atoms with E-state index in [4.69, 9.17) is 11.6 Å². The molecule has 22 heavy (non-hydrogen) atoms. The summed E-state index contributed by atoms with van der Waals surface area (Å²) in [5, 5.41) is 3.78. The molecule has 6 nitrogen and oxygen atoms in total. The van der Waals surface area contributed by atoms with Crippen molar-refractivity contribution in [1.29, 1.82) is 0 Å². The van der Waals surface area contributed by atoms with Crippen LogP contribution in [0.2, 0.25) is 5.02 Å². The monoisotopic (exact) mass is 336 g/mol. The zero-order chi connectivity index (χ0) is 15.7. The minimum absolute atomic E-state index is 0.0732. The fraction of sp³-hybridized carbons (Fsp3) is 0.286. The number of hydrogen-bond acceptors (Lipinski definition) is 5. The predicted octanol–water partition coefficient (Wildman–Crippen LogP) is 2.49. The summed E-state index contributed by atoms with van der Waals surface area (Å²) in [4.78, 5) is 30.0. The Kier molecular flexibility index (Phi) is 4.08. The number of aromatic nitrogens is 2. The lowest BCUT2D eigenvalue weighted by molar-refractivity contribution is -0.122. The first-order valence-electron chi connectivity index (χ1n) is 6.70. The molecule has 0 aliphatic carbocycles. The molecular formula is C14H13ClN4O2S. The summed E-state index contributed by atoms with van der Waals surface area (Å²) in [7, 11) is 0. The summed E-state index contributed by atoms with van der Waals surface area (Å²) in [6.07, 6.45) is 0.187. The molecule has 0 bridgehead atoms. The Morgan fingerprint density at radius 3 is 2.77 bits per heavy atom. The highest BCUT2D eigenvalue weighted by Crippen LogP contribution is 2.27. The van der Waals surface area contributed by atoms with Crippen LogP contribution in [0.15, 0.2) is 24.3 Å². The van der Waals surface area contributed by atoms with Crippen LogP contribution < -0.4 is 10.2 Å². The van der Waals surface area contributed by atoms with Crippen molar-refractivity contribution in [3.63, 3.8) is 0 Å². The molecule has 1 aliphatic heterocycles. The molecule has 8 heteroatoms. The normalized spacial score (nSPS) is 17.8. The van der Waals surface area contributed by atoms with Gasteiger partial charge in [0, 0.05) is 35.2 Å². The van der Waals surface area contributed by atoms with Crippen LogP contribution in [-0.2, 0) is 9.59 Å². The highest BCUT2D eigenvalue weighted by molar-refractivity contribution is 7.09. The summed E-state index contributed by atoms with van der Waals surface area (Å²) < 4.78 is 4.01. The lowest BCUT2D eigenvalue weighted by atomic mass is 10.1. The van der Waals surface area contributed by atoms with Crippen molar-refractivity contribution < 1.29 is 9.59 Å². The van der Waals surface area contributed by atoms with E-state index in [-0.39, 0.29) is 18.2 Å². The maximum absolute atomic E-state index is 12.2. The van der Waals surface area contributed by atoms with Gasteiger partial charge in [-0.3, -0.25) is 9.59 Å². The molecule has 1 atom stereocenters. The smallest absolute Gasteiger partial charge is 0.231 e. The maximum Gasteiger partial charge on any atom is 0.231 e. The molecule has 1 aromatic heterocycles. The Hall–Kier alpha value is -1.99. The van der Waals surface area contributed by atoms with Gasteiger partial charge in [-0.15, -0.1) is 0 Å². The molecule has 0 saturated carbocycles. The van der Waals surface area contributed by atoms with Crippen LogP contribution in [-0.4, -0.2) is 27.7 Å². The molecule has 1 fully saturated rings. The highest BCUT2D eigenvalue weighted by Gasteiger charge is 2.35. The predicted molar refractivity (Wildman–Crippen MR) is 85.2 cm³/mol. The zero-order valence-electron chi connectivity index (χ0n) is 11.7. The summed E-state index contributed by atoms with van der Waals surface area (Å²) >= 11 is 6.98. The summed E-state index contributed by atoms with van der Waals surface area (Å²) in [5.41, 5.74) is 0.747. The number of aryl methyl sites for hydroxylation is 1. The average molecular weight is 337 g/mol. The largest absolute Gasteiger partial charge is 0.312 e. The number of benzene rings is 1. The second-order valence-electron chi connectivity index (χ2n) is 5.02. The van der Waals surface area contributed by atoms with Crippen LogP contribution in [0, 0.1) is 12.8 Å². The molecule has 1 saturated heterocycles. The van der Waals surface area contributed by atoms with Gasteiger partial charge in [-0.05, 0) is 31.2 Å². The Morgan fingerprint density at radius 1 is 1.41 bits per heavy atom. The third kappa shape index (κ3) is 3.10. The Bertz CT molecular complexity index is 716. The molecule has 2 aromatic rings. The number of nitrogens with zero attached hydrogens (tertiary/aromatic N) is 3. The first-order chi connectivity index (χ1) is 10.5. The van der Waals surface area contributed by atoms with Crippen LogP contribution in [0.25, 0.3) is 0 Å². The fourth-order valence-corrected chi connectivity index (χ4v) is 3.01. The van der Waals surface area contributed by atoms with Gasteiger partial charge >= 0.3 is 0 Å². The van der Waals surface area contributed by atoms with Gasteiger partial charge < -0.3 is 10.2 Å². The van der Waals surface area contributed by atoms with E-state index in [0.717, 1.165) is 17.2 Å². The van der Waals surface area contributed by atoms with Crippen LogP contribution in [0.1, 0.15) is 12.2 Å². The Labute approximate surface area is 136 Å². The van der Waals surface area contributed by atoms with E-state index in [1.165, 1.54) is 0 Å². The molecule has 2 amide bonds. The molecule has 0 unspecified atom stereocenters. The average Bonchev–Trinajstić information content (AvgIpc) is 3.06. The van der Waals surface area contributed by atoms with Gasteiger partial charge in [0.15, 0.2) is 0 Å². The summed E-state index contributed by atoms with van der Waals surface area (Å²) in [6.45, 7) is 2.11. The molecule has 2 heterocycles. The molecule has 1 aromatic carbocycles. The first-order valence-corrected chi connectivity index (χ1v) is 7.85. The minimum atomic E-state index is -0.396. The van der Waals surface area contributed by atoms with E-state index in [2.05, 4.69) is 14.7 Å². The molecule has 114 valence electrons.